The molecule has 1 fully saturated rings. The van der Waals surface area contributed by atoms with Crippen molar-refractivity contribution in [3.8, 4) is 0 Å². The molecule has 0 bridgehead atoms. The number of carbonyl (C=O) groups is 1. The van der Waals surface area contributed by atoms with Crippen LogP contribution in [0.15, 0.2) is 29.4 Å². The van der Waals surface area contributed by atoms with Crippen LogP contribution in [-0.2, 0) is 4.79 Å². The Morgan fingerprint density at radius 1 is 1.40 bits per heavy atom. The van der Waals surface area contributed by atoms with Crippen LogP contribution in [-0.4, -0.2) is 26.8 Å². The van der Waals surface area contributed by atoms with Crippen molar-refractivity contribution in [3.63, 3.8) is 0 Å². The summed E-state index contributed by atoms with van der Waals surface area (Å²) in [6.07, 6.45) is 2.31. The second kappa shape index (κ2) is 5.62. The van der Waals surface area contributed by atoms with Crippen LogP contribution in [0.5, 0.6) is 0 Å². The molecule has 3 rings (SSSR count). The Labute approximate surface area is 119 Å². The Morgan fingerprint density at radius 2 is 2.15 bits per heavy atom. The molecule has 1 saturated carbocycles. The van der Waals surface area contributed by atoms with E-state index in [0.29, 0.717) is 16.8 Å². The molecular weight excluding hydrogens is 279 g/mol. The van der Waals surface area contributed by atoms with Gasteiger partial charge in [0.25, 0.3) is 0 Å². The molecule has 0 atom stereocenters. The van der Waals surface area contributed by atoms with E-state index in [1.54, 1.807) is 0 Å². The van der Waals surface area contributed by atoms with Crippen LogP contribution in [0, 0.1) is 5.82 Å². The van der Waals surface area contributed by atoms with Gasteiger partial charge in [0, 0.05) is 11.6 Å². The maximum Gasteiger partial charge on any atom is 0.234 e. The van der Waals surface area contributed by atoms with Crippen LogP contribution in [0.2, 0.25) is 0 Å². The number of nitrogens with one attached hydrogen (secondary N) is 2. The lowest BCUT2D eigenvalue weighted by molar-refractivity contribution is -0.113. The van der Waals surface area contributed by atoms with E-state index in [1.165, 1.54) is 36.0 Å². The number of benzene rings is 1. The monoisotopic (exact) mass is 292 g/mol. The van der Waals surface area contributed by atoms with Gasteiger partial charge < -0.3 is 5.32 Å². The van der Waals surface area contributed by atoms with Crippen LogP contribution < -0.4 is 5.32 Å². The summed E-state index contributed by atoms with van der Waals surface area (Å²) in [5.41, 5.74) is 0.575. The Hall–Kier alpha value is -1.89. The van der Waals surface area contributed by atoms with Gasteiger partial charge in [0.05, 0.1) is 5.75 Å². The Morgan fingerprint density at radius 3 is 2.85 bits per heavy atom. The van der Waals surface area contributed by atoms with E-state index in [1.807, 2.05) is 0 Å². The zero-order valence-corrected chi connectivity index (χ0v) is 11.4. The molecule has 0 radical (unpaired) electrons. The van der Waals surface area contributed by atoms with Gasteiger partial charge >= 0.3 is 0 Å². The fourth-order valence-electron chi connectivity index (χ4n) is 1.72. The molecule has 5 nitrogen and oxygen atoms in total. The highest BCUT2D eigenvalue weighted by molar-refractivity contribution is 7.99. The van der Waals surface area contributed by atoms with Crippen LogP contribution >= 0.6 is 11.8 Å². The van der Waals surface area contributed by atoms with Gasteiger partial charge in [-0.25, -0.2) is 9.37 Å². The molecule has 20 heavy (non-hydrogen) atoms. The first-order chi connectivity index (χ1) is 9.70. The Kier molecular flexibility index (Phi) is 3.68. The summed E-state index contributed by atoms with van der Waals surface area (Å²) >= 11 is 1.28. The molecule has 0 spiro atoms. The van der Waals surface area contributed by atoms with E-state index in [9.17, 15) is 9.18 Å². The largest absolute Gasteiger partial charge is 0.325 e. The van der Waals surface area contributed by atoms with Gasteiger partial charge in [-0.2, -0.15) is 0 Å². The van der Waals surface area contributed by atoms with Crippen molar-refractivity contribution in [2.45, 2.75) is 23.9 Å². The number of nitrogens with zero attached hydrogens (tertiary/aromatic N) is 2. The van der Waals surface area contributed by atoms with Crippen molar-refractivity contribution in [2.24, 2.45) is 0 Å². The minimum Gasteiger partial charge on any atom is -0.325 e. The molecule has 104 valence electrons. The smallest absolute Gasteiger partial charge is 0.234 e. The van der Waals surface area contributed by atoms with E-state index in [-0.39, 0.29) is 17.5 Å². The first-order valence-corrected chi connectivity index (χ1v) is 7.30. The topological polar surface area (TPSA) is 70.7 Å². The second-order valence-corrected chi connectivity index (χ2v) is 5.56. The van der Waals surface area contributed by atoms with Gasteiger partial charge in [-0.1, -0.05) is 11.8 Å². The van der Waals surface area contributed by atoms with Crippen molar-refractivity contribution in [1.82, 2.24) is 15.2 Å². The molecule has 0 saturated heterocycles. The van der Waals surface area contributed by atoms with Gasteiger partial charge in [-0.3, -0.25) is 9.89 Å². The summed E-state index contributed by atoms with van der Waals surface area (Å²) in [6.45, 7) is 0. The average Bonchev–Trinajstić information content (AvgIpc) is 3.18. The summed E-state index contributed by atoms with van der Waals surface area (Å²) in [6, 6.07) is 5.66. The molecule has 0 aliphatic heterocycles. The number of hydrogen-bond donors (Lipinski definition) is 2. The number of aromatic amines is 1. The van der Waals surface area contributed by atoms with Gasteiger partial charge in [-0.05, 0) is 37.1 Å². The number of thioether (sulfide) groups is 1. The van der Waals surface area contributed by atoms with E-state index in [4.69, 9.17) is 0 Å². The van der Waals surface area contributed by atoms with Crippen LogP contribution in [0.1, 0.15) is 24.6 Å². The Bertz CT molecular complexity index is 609. The molecule has 7 heteroatoms. The van der Waals surface area contributed by atoms with Gasteiger partial charge in [0.2, 0.25) is 11.1 Å². The molecule has 1 aromatic carbocycles. The molecule has 1 heterocycles. The number of hydrogen-bond acceptors (Lipinski definition) is 4. The molecule has 0 unspecified atom stereocenters. The number of carbonyl (C=O) groups excluding carboxylic acids is 1. The van der Waals surface area contributed by atoms with Crippen molar-refractivity contribution >= 4 is 23.4 Å². The third-order valence-corrected chi connectivity index (χ3v) is 3.75. The summed E-state index contributed by atoms with van der Waals surface area (Å²) in [7, 11) is 0. The first kappa shape index (κ1) is 13.1. The van der Waals surface area contributed by atoms with Crippen LogP contribution in [0.3, 0.4) is 0 Å². The zero-order chi connectivity index (χ0) is 13.9. The standard InChI is InChI=1S/C13H13FN4OS/c14-9-3-5-10(6-4-9)15-11(19)7-20-13-16-12(17-18-13)8-1-2-8/h3-6,8H,1-2,7H2,(H,15,19)(H,16,17,18). The lowest BCUT2D eigenvalue weighted by atomic mass is 10.3. The Balaban J connectivity index is 1.49. The molecule has 1 aromatic heterocycles. The highest BCUT2D eigenvalue weighted by atomic mass is 32.2. The first-order valence-electron chi connectivity index (χ1n) is 6.31. The lowest BCUT2D eigenvalue weighted by Gasteiger charge is -2.03. The molecule has 1 aliphatic carbocycles. The number of H-pyrrole nitrogens is 1. The fourth-order valence-corrected chi connectivity index (χ4v) is 2.33. The lowest BCUT2D eigenvalue weighted by Crippen LogP contribution is -2.14. The number of rotatable bonds is 5. The van der Waals surface area contributed by atoms with Gasteiger partial charge in [0.1, 0.15) is 11.6 Å². The maximum absolute atomic E-state index is 12.7. The molecule has 1 aliphatic rings. The summed E-state index contributed by atoms with van der Waals surface area (Å²) in [4.78, 5) is 16.1. The number of amides is 1. The maximum atomic E-state index is 12.7. The van der Waals surface area contributed by atoms with E-state index in [0.717, 1.165) is 18.7 Å². The van der Waals surface area contributed by atoms with Crippen molar-refractivity contribution in [2.75, 3.05) is 11.1 Å². The second-order valence-electron chi connectivity index (χ2n) is 4.62. The highest BCUT2D eigenvalue weighted by Gasteiger charge is 2.27. The van der Waals surface area contributed by atoms with Gasteiger partial charge in [-0.15, -0.1) is 5.10 Å². The summed E-state index contributed by atoms with van der Waals surface area (Å²) in [5.74, 6) is 1.15. The van der Waals surface area contributed by atoms with Crippen LogP contribution in [0.4, 0.5) is 10.1 Å². The predicted molar refractivity (Wildman–Crippen MR) is 74.1 cm³/mol. The fraction of sp³-hybridized carbons (Fsp3) is 0.308. The van der Waals surface area contributed by atoms with E-state index >= 15 is 0 Å². The average molecular weight is 292 g/mol. The quantitative estimate of drug-likeness (QED) is 0.831. The number of anilines is 1. The third-order valence-electron chi connectivity index (χ3n) is 2.91. The van der Waals surface area contributed by atoms with Crippen molar-refractivity contribution in [3.05, 3.63) is 35.9 Å². The molecule has 2 aromatic rings. The molecular formula is C13H13FN4OS. The minimum atomic E-state index is -0.328. The normalized spacial score (nSPS) is 14.2. The molecule has 2 N–H and O–H groups in total. The van der Waals surface area contributed by atoms with Crippen molar-refractivity contribution in [1.29, 1.82) is 0 Å². The minimum absolute atomic E-state index is 0.167. The zero-order valence-electron chi connectivity index (χ0n) is 10.6. The van der Waals surface area contributed by atoms with Gasteiger partial charge in [0.15, 0.2) is 0 Å². The number of aromatic nitrogens is 3. The predicted octanol–water partition coefficient (Wildman–Crippen LogP) is 2.55. The summed E-state index contributed by atoms with van der Waals surface area (Å²) < 4.78 is 12.7. The molecule has 1 amide bonds. The third kappa shape index (κ3) is 3.36. The van der Waals surface area contributed by atoms with E-state index in [2.05, 4.69) is 20.5 Å². The summed E-state index contributed by atoms with van der Waals surface area (Å²) in [5, 5.41) is 10.2. The van der Waals surface area contributed by atoms with Crippen molar-refractivity contribution < 1.29 is 9.18 Å². The highest BCUT2D eigenvalue weighted by Crippen LogP contribution is 2.38. The van der Waals surface area contributed by atoms with Crippen LogP contribution in [0.25, 0.3) is 0 Å². The van der Waals surface area contributed by atoms with E-state index < -0.39 is 0 Å². The SMILES string of the molecule is O=C(CSc1n[nH]c(C2CC2)n1)Nc1ccc(F)cc1. The number of halogens is 1.